The Balaban J connectivity index is 2.45. The normalized spacial score (nSPS) is 17.1. The number of esters is 1. The first-order valence-electron chi connectivity index (χ1n) is 5.61. The van der Waals surface area contributed by atoms with E-state index in [-0.39, 0.29) is 6.10 Å². The molecule has 0 radical (unpaired) electrons. The molecule has 0 atom stereocenters. The number of ether oxygens (including phenoxy) is 3. The average Bonchev–Trinajstić information content (AvgIpc) is 2.13. The van der Waals surface area contributed by atoms with E-state index >= 15 is 0 Å². The lowest BCUT2D eigenvalue weighted by Crippen LogP contribution is -2.39. The van der Waals surface area contributed by atoms with E-state index in [1.54, 1.807) is 32.0 Å². The standard InChI is InChI=1S/C13H16O4/c1-8(2)15-9-6-5-7-10-11(9)12(14)17-13(3,4)16-10/h5-8H,1-4H3. The summed E-state index contributed by atoms with van der Waals surface area (Å²) in [5, 5.41) is 0. The van der Waals surface area contributed by atoms with Crippen LogP contribution in [0.25, 0.3) is 0 Å². The molecule has 1 aromatic carbocycles. The van der Waals surface area contributed by atoms with Gasteiger partial charge in [-0.15, -0.1) is 0 Å². The van der Waals surface area contributed by atoms with Crippen LogP contribution in [-0.4, -0.2) is 17.9 Å². The molecule has 1 heterocycles. The molecule has 1 aliphatic heterocycles. The summed E-state index contributed by atoms with van der Waals surface area (Å²) in [5.74, 6) is -0.338. The minimum absolute atomic E-state index is 0.00997. The van der Waals surface area contributed by atoms with Crippen LogP contribution < -0.4 is 9.47 Å². The van der Waals surface area contributed by atoms with E-state index in [0.717, 1.165) is 0 Å². The minimum atomic E-state index is -0.930. The quantitative estimate of drug-likeness (QED) is 0.741. The van der Waals surface area contributed by atoms with E-state index in [0.29, 0.717) is 17.1 Å². The highest BCUT2D eigenvalue weighted by Crippen LogP contribution is 2.37. The molecule has 0 saturated carbocycles. The van der Waals surface area contributed by atoms with Gasteiger partial charge < -0.3 is 14.2 Å². The monoisotopic (exact) mass is 236 g/mol. The first-order valence-corrected chi connectivity index (χ1v) is 5.61. The summed E-state index contributed by atoms with van der Waals surface area (Å²) >= 11 is 0. The fourth-order valence-electron chi connectivity index (χ4n) is 1.71. The van der Waals surface area contributed by atoms with E-state index in [1.165, 1.54) is 0 Å². The highest BCUT2D eigenvalue weighted by molar-refractivity contribution is 5.96. The fourth-order valence-corrected chi connectivity index (χ4v) is 1.71. The van der Waals surface area contributed by atoms with Crippen molar-refractivity contribution in [2.45, 2.75) is 39.6 Å². The summed E-state index contributed by atoms with van der Waals surface area (Å²) in [4.78, 5) is 11.9. The predicted octanol–water partition coefficient (Wildman–Crippen LogP) is 2.76. The van der Waals surface area contributed by atoms with Gasteiger partial charge in [0.05, 0.1) is 6.10 Å². The second kappa shape index (κ2) is 3.95. The maximum atomic E-state index is 11.9. The number of carbonyl (C=O) groups excluding carboxylic acids is 1. The molecule has 2 rings (SSSR count). The highest BCUT2D eigenvalue weighted by Gasteiger charge is 2.36. The fraction of sp³-hybridized carbons (Fsp3) is 0.462. The van der Waals surface area contributed by atoms with Crippen LogP contribution in [0.15, 0.2) is 18.2 Å². The zero-order valence-electron chi connectivity index (χ0n) is 10.4. The molecule has 0 saturated heterocycles. The molecule has 0 N–H and O–H groups in total. The maximum absolute atomic E-state index is 11.9. The Labute approximate surface area is 100 Å². The Morgan fingerprint density at radius 2 is 1.94 bits per heavy atom. The molecule has 92 valence electrons. The molecule has 0 aromatic heterocycles. The van der Waals surface area contributed by atoms with Crippen LogP contribution in [0.4, 0.5) is 0 Å². The van der Waals surface area contributed by atoms with Gasteiger partial charge in [0, 0.05) is 13.8 Å². The highest BCUT2D eigenvalue weighted by atomic mass is 16.7. The van der Waals surface area contributed by atoms with Crippen molar-refractivity contribution in [3.05, 3.63) is 23.8 Å². The van der Waals surface area contributed by atoms with Crippen molar-refractivity contribution < 1.29 is 19.0 Å². The van der Waals surface area contributed by atoms with E-state index in [9.17, 15) is 4.79 Å². The lowest BCUT2D eigenvalue weighted by atomic mass is 10.1. The first kappa shape index (κ1) is 11.8. The van der Waals surface area contributed by atoms with Gasteiger partial charge in [-0.3, -0.25) is 0 Å². The summed E-state index contributed by atoms with van der Waals surface area (Å²) < 4.78 is 16.3. The van der Waals surface area contributed by atoms with E-state index in [4.69, 9.17) is 14.2 Å². The largest absolute Gasteiger partial charge is 0.490 e. The number of fused-ring (bicyclic) bond motifs is 1. The molecule has 17 heavy (non-hydrogen) atoms. The van der Waals surface area contributed by atoms with E-state index < -0.39 is 11.8 Å². The predicted molar refractivity (Wildman–Crippen MR) is 62.3 cm³/mol. The van der Waals surface area contributed by atoms with Crippen molar-refractivity contribution in [2.24, 2.45) is 0 Å². The van der Waals surface area contributed by atoms with Crippen molar-refractivity contribution in [2.75, 3.05) is 0 Å². The van der Waals surface area contributed by atoms with Crippen molar-refractivity contribution >= 4 is 5.97 Å². The minimum Gasteiger partial charge on any atom is -0.490 e. The smallest absolute Gasteiger partial charge is 0.349 e. The Hall–Kier alpha value is -1.71. The van der Waals surface area contributed by atoms with Gasteiger partial charge in [0.2, 0.25) is 5.79 Å². The third kappa shape index (κ3) is 2.35. The molecule has 0 unspecified atom stereocenters. The number of benzene rings is 1. The number of carbonyl (C=O) groups is 1. The van der Waals surface area contributed by atoms with Gasteiger partial charge in [0.1, 0.15) is 17.1 Å². The molecule has 0 fully saturated rings. The van der Waals surface area contributed by atoms with Gasteiger partial charge in [-0.2, -0.15) is 0 Å². The second-order valence-electron chi connectivity index (χ2n) is 4.69. The molecule has 1 aliphatic rings. The zero-order chi connectivity index (χ0) is 12.6. The number of rotatable bonds is 2. The number of hydrogen-bond acceptors (Lipinski definition) is 4. The summed E-state index contributed by atoms with van der Waals surface area (Å²) in [5.41, 5.74) is 0.362. The number of hydrogen-bond donors (Lipinski definition) is 0. The van der Waals surface area contributed by atoms with Crippen LogP contribution in [0.5, 0.6) is 11.5 Å². The van der Waals surface area contributed by atoms with Gasteiger partial charge in [0.15, 0.2) is 0 Å². The Morgan fingerprint density at radius 3 is 2.59 bits per heavy atom. The summed E-state index contributed by atoms with van der Waals surface area (Å²) in [6.07, 6.45) is -0.00997. The molecule has 0 spiro atoms. The zero-order valence-corrected chi connectivity index (χ0v) is 10.4. The molecule has 4 heteroatoms. The molecule has 4 nitrogen and oxygen atoms in total. The summed E-state index contributed by atoms with van der Waals surface area (Å²) in [7, 11) is 0. The molecular weight excluding hydrogens is 220 g/mol. The van der Waals surface area contributed by atoms with Gasteiger partial charge >= 0.3 is 5.97 Å². The van der Waals surface area contributed by atoms with Crippen LogP contribution in [0, 0.1) is 0 Å². The van der Waals surface area contributed by atoms with Gasteiger partial charge in [0.25, 0.3) is 0 Å². The van der Waals surface area contributed by atoms with Crippen molar-refractivity contribution in [1.82, 2.24) is 0 Å². The Bertz CT molecular complexity index is 434. The summed E-state index contributed by atoms with van der Waals surface area (Å²) in [6, 6.07) is 5.28. The average molecular weight is 236 g/mol. The Kier molecular flexibility index (Phi) is 2.73. The van der Waals surface area contributed by atoms with Crippen LogP contribution in [0.1, 0.15) is 38.1 Å². The topological polar surface area (TPSA) is 44.8 Å². The van der Waals surface area contributed by atoms with Gasteiger partial charge in [-0.1, -0.05) is 6.07 Å². The third-order valence-corrected chi connectivity index (χ3v) is 2.25. The van der Waals surface area contributed by atoms with Crippen molar-refractivity contribution in [1.29, 1.82) is 0 Å². The van der Waals surface area contributed by atoms with Gasteiger partial charge in [-0.05, 0) is 26.0 Å². The maximum Gasteiger partial charge on any atom is 0.349 e. The number of cyclic esters (lactones) is 1. The second-order valence-corrected chi connectivity index (χ2v) is 4.69. The Morgan fingerprint density at radius 1 is 1.24 bits per heavy atom. The third-order valence-electron chi connectivity index (χ3n) is 2.25. The van der Waals surface area contributed by atoms with Crippen LogP contribution in [0.2, 0.25) is 0 Å². The molecule has 1 aromatic rings. The van der Waals surface area contributed by atoms with Crippen molar-refractivity contribution in [3.63, 3.8) is 0 Å². The molecule has 0 amide bonds. The SMILES string of the molecule is CC(C)Oc1cccc2c1C(=O)OC(C)(C)O2. The van der Waals surface area contributed by atoms with Crippen LogP contribution >= 0.6 is 0 Å². The molecule has 0 bridgehead atoms. The summed E-state index contributed by atoms with van der Waals surface area (Å²) in [6.45, 7) is 7.20. The van der Waals surface area contributed by atoms with E-state index in [2.05, 4.69) is 0 Å². The molecule has 0 aliphatic carbocycles. The van der Waals surface area contributed by atoms with Crippen LogP contribution in [0.3, 0.4) is 0 Å². The van der Waals surface area contributed by atoms with Crippen molar-refractivity contribution in [3.8, 4) is 11.5 Å². The lowest BCUT2D eigenvalue weighted by molar-refractivity contribution is -0.127. The lowest BCUT2D eigenvalue weighted by Gasteiger charge is -2.32. The molecular formula is C13H16O4. The van der Waals surface area contributed by atoms with E-state index in [1.807, 2.05) is 13.8 Å². The van der Waals surface area contributed by atoms with Gasteiger partial charge in [-0.25, -0.2) is 4.79 Å². The first-order chi connectivity index (χ1) is 7.89. The van der Waals surface area contributed by atoms with Crippen LogP contribution in [-0.2, 0) is 4.74 Å².